The van der Waals surface area contributed by atoms with Gasteiger partial charge in [0.1, 0.15) is 0 Å². The van der Waals surface area contributed by atoms with Crippen LogP contribution in [0.4, 0.5) is 0 Å². The van der Waals surface area contributed by atoms with E-state index >= 15 is 0 Å². The van der Waals surface area contributed by atoms with E-state index < -0.39 is 0 Å². The van der Waals surface area contributed by atoms with Crippen molar-refractivity contribution in [2.45, 2.75) is 36.6 Å². The van der Waals surface area contributed by atoms with E-state index in [0.29, 0.717) is 0 Å². The maximum absolute atomic E-state index is 12.8. The normalized spacial score (nSPS) is 23.1. The molecule has 1 N–H and O–H groups in total. The Morgan fingerprint density at radius 1 is 1.15 bits per heavy atom. The average Bonchev–Trinajstić information content (AvgIpc) is 3.31. The Morgan fingerprint density at radius 3 is 2.35 bits per heavy atom. The number of hydrogen-bond donors (Lipinski definition) is 1. The molecule has 0 aromatic heterocycles. The van der Waals surface area contributed by atoms with Crippen molar-refractivity contribution < 1.29 is 9.53 Å². The van der Waals surface area contributed by atoms with Gasteiger partial charge in [-0.25, -0.2) is 0 Å². The van der Waals surface area contributed by atoms with E-state index in [-0.39, 0.29) is 16.9 Å². The van der Waals surface area contributed by atoms with Crippen LogP contribution in [0.15, 0.2) is 30.3 Å². The number of alkyl halides is 1. The highest BCUT2D eigenvalue weighted by Gasteiger charge is 2.52. The summed E-state index contributed by atoms with van der Waals surface area (Å²) in [6.07, 6.45) is 3.68. The predicted octanol–water partition coefficient (Wildman–Crippen LogP) is 2.78. The molecule has 0 bridgehead atoms. The second-order valence-electron chi connectivity index (χ2n) is 5.93. The Kier molecular flexibility index (Phi) is 3.87. The molecule has 2 fully saturated rings. The van der Waals surface area contributed by atoms with E-state index in [1.54, 1.807) is 0 Å². The number of benzene rings is 1. The Morgan fingerprint density at radius 2 is 1.80 bits per heavy atom. The molecule has 1 aromatic carbocycles. The fourth-order valence-electron chi connectivity index (χ4n) is 2.94. The average molecular weight is 338 g/mol. The third kappa shape index (κ3) is 2.51. The lowest BCUT2D eigenvalue weighted by molar-refractivity contribution is -0.126. The van der Waals surface area contributed by atoms with Crippen LogP contribution >= 0.6 is 15.9 Å². The van der Waals surface area contributed by atoms with Gasteiger partial charge in [0.05, 0.1) is 11.0 Å². The number of carbonyl (C=O) groups excluding carboxylic acids is 1. The van der Waals surface area contributed by atoms with Crippen molar-refractivity contribution in [3.05, 3.63) is 35.9 Å². The lowest BCUT2D eigenvalue weighted by Gasteiger charge is -2.37. The minimum Gasteiger partial charge on any atom is -0.381 e. The first kappa shape index (κ1) is 14.1. The summed E-state index contributed by atoms with van der Waals surface area (Å²) >= 11 is 3.57. The number of ether oxygens (including phenoxy) is 1. The Labute approximate surface area is 128 Å². The predicted molar refractivity (Wildman–Crippen MR) is 82.1 cm³/mol. The largest absolute Gasteiger partial charge is 0.381 e. The van der Waals surface area contributed by atoms with E-state index in [0.717, 1.165) is 49.8 Å². The number of rotatable bonds is 4. The lowest BCUT2D eigenvalue weighted by atomic mass is 9.89. The molecule has 1 amide bonds. The second kappa shape index (κ2) is 5.49. The van der Waals surface area contributed by atoms with Crippen LogP contribution < -0.4 is 5.32 Å². The van der Waals surface area contributed by atoms with Crippen LogP contribution in [0.2, 0.25) is 0 Å². The molecule has 1 aliphatic carbocycles. The SMILES string of the molecule is O=C(NC1(CBr)CCOCC1)C1(c2ccccc2)CC1. The van der Waals surface area contributed by atoms with Gasteiger partial charge in [0.25, 0.3) is 0 Å². The van der Waals surface area contributed by atoms with Gasteiger partial charge in [-0.05, 0) is 31.2 Å². The van der Waals surface area contributed by atoms with Crippen LogP contribution in [-0.4, -0.2) is 30.0 Å². The molecule has 0 spiro atoms. The van der Waals surface area contributed by atoms with Crippen molar-refractivity contribution in [3.63, 3.8) is 0 Å². The molecule has 1 saturated carbocycles. The molecule has 108 valence electrons. The quantitative estimate of drug-likeness (QED) is 0.858. The van der Waals surface area contributed by atoms with Gasteiger partial charge in [0, 0.05) is 18.5 Å². The fraction of sp³-hybridized carbons (Fsp3) is 0.562. The molecular weight excluding hydrogens is 318 g/mol. The highest BCUT2D eigenvalue weighted by atomic mass is 79.9. The molecule has 1 saturated heterocycles. The van der Waals surface area contributed by atoms with E-state index in [1.165, 1.54) is 0 Å². The number of nitrogens with one attached hydrogen (secondary N) is 1. The van der Waals surface area contributed by atoms with Crippen LogP contribution in [0.1, 0.15) is 31.2 Å². The van der Waals surface area contributed by atoms with Gasteiger partial charge in [-0.15, -0.1) is 0 Å². The Bertz CT molecular complexity index is 479. The third-order valence-electron chi connectivity index (χ3n) is 4.60. The molecule has 3 rings (SSSR count). The monoisotopic (exact) mass is 337 g/mol. The topological polar surface area (TPSA) is 38.3 Å². The zero-order valence-electron chi connectivity index (χ0n) is 11.5. The van der Waals surface area contributed by atoms with Gasteiger partial charge in [0.15, 0.2) is 0 Å². The molecule has 1 aliphatic heterocycles. The van der Waals surface area contributed by atoms with Gasteiger partial charge in [-0.3, -0.25) is 4.79 Å². The van der Waals surface area contributed by atoms with E-state index in [9.17, 15) is 4.79 Å². The molecule has 3 nitrogen and oxygen atoms in total. The van der Waals surface area contributed by atoms with Crippen molar-refractivity contribution in [3.8, 4) is 0 Å². The minimum absolute atomic E-state index is 0.139. The summed E-state index contributed by atoms with van der Waals surface area (Å²) in [6.45, 7) is 1.45. The van der Waals surface area contributed by atoms with Crippen molar-refractivity contribution in [1.82, 2.24) is 5.32 Å². The van der Waals surface area contributed by atoms with Crippen molar-refractivity contribution in [1.29, 1.82) is 0 Å². The van der Waals surface area contributed by atoms with Crippen molar-refractivity contribution in [2.24, 2.45) is 0 Å². The third-order valence-corrected chi connectivity index (χ3v) is 5.67. The van der Waals surface area contributed by atoms with Gasteiger partial charge < -0.3 is 10.1 Å². The van der Waals surface area contributed by atoms with Gasteiger partial charge in [0.2, 0.25) is 5.91 Å². The fourth-order valence-corrected chi connectivity index (χ4v) is 3.64. The summed E-state index contributed by atoms with van der Waals surface area (Å²) < 4.78 is 5.42. The molecule has 0 radical (unpaired) electrons. The summed E-state index contributed by atoms with van der Waals surface area (Å²) in [5.41, 5.74) is 0.725. The van der Waals surface area contributed by atoms with Crippen molar-refractivity contribution >= 4 is 21.8 Å². The summed E-state index contributed by atoms with van der Waals surface area (Å²) in [5, 5.41) is 4.11. The zero-order chi connectivity index (χ0) is 14.1. The first-order valence-electron chi connectivity index (χ1n) is 7.23. The first-order valence-corrected chi connectivity index (χ1v) is 8.35. The molecule has 20 heavy (non-hydrogen) atoms. The lowest BCUT2D eigenvalue weighted by Crippen LogP contribution is -2.55. The highest BCUT2D eigenvalue weighted by Crippen LogP contribution is 2.48. The van der Waals surface area contributed by atoms with E-state index in [2.05, 4.69) is 33.4 Å². The number of hydrogen-bond acceptors (Lipinski definition) is 2. The molecule has 1 heterocycles. The number of carbonyl (C=O) groups is 1. The van der Waals surface area contributed by atoms with Gasteiger partial charge in [-0.2, -0.15) is 0 Å². The smallest absolute Gasteiger partial charge is 0.231 e. The zero-order valence-corrected chi connectivity index (χ0v) is 13.1. The van der Waals surface area contributed by atoms with E-state index in [4.69, 9.17) is 4.74 Å². The summed E-state index contributed by atoms with van der Waals surface area (Å²) in [6, 6.07) is 10.2. The van der Waals surface area contributed by atoms with Crippen molar-refractivity contribution in [2.75, 3.05) is 18.5 Å². The standard InChI is InChI=1S/C16H20BrNO2/c17-12-15(8-10-20-11-9-15)18-14(19)16(6-7-16)13-4-2-1-3-5-13/h1-5H,6-12H2,(H,18,19). The van der Waals surface area contributed by atoms with Crippen LogP contribution in [-0.2, 0) is 14.9 Å². The Hall–Kier alpha value is -0.870. The highest BCUT2D eigenvalue weighted by molar-refractivity contribution is 9.09. The number of halogens is 1. The summed E-state index contributed by atoms with van der Waals surface area (Å²) in [7, 11) is 0. The Balaban J connectivity index is 1.76. The van der Waals surface area contributed by atoms with Gasteiger partial charge >= 0.3 is 0 Å². The molecular formula is C16H20BrNO2. The van der Waals surface area contributed by atoms with E-state index in [1.807, 2.05) is 18.2 Å². The second-order valence-corrected chi connectivity index (χ2v) is 6.49. The molecule has 0 atom stereocenters. The molecule has 4 heteroatoms. The maximum Gasteiger partial charge on any atom is 0.231 e. The minimum atomic E-state index is -0.283. The maximum atomic E-state index is 12.8. The molecule has 1 aromatic rings. The van der Waals surface area contributed by atoms with Crippen LogP contribution in [0.25, 0.3) is 0 Å². The first-order chi connectivity index (χ1) is 9.71. The summed E-state index contributed by atoms with van der Waals surface area (Å²) in [4.78, 5) is 12.8. The van der Waals surface area contributed by atoms with Crippen LogP contribution in [0, 0.1) is 0 Å². The summed E-state index contributed by atoms with van der Waals surface area (Å²) in [5.74, 6) is 0.185. The molecule has 2 aliphatic rings. The van der Waals surface area contributed by atoms with Crippen LogP contribution in [0.3, 0.4) is 0 Å². The molecule has 0 unspecified atom stereocenters. The van der Waals surface area contributed by atoms with Crippen LogP contribution in [0.5, 0.6) is 0 Å². The van der Waals surface area contributed by atoms with Gasteiger partial charge in [-0.1, -0.05) is 46.3 Å². The number of amides is 1.